The van der Waals surface area contributed by atoms with Gasteiger partial charge in [-0.05, 0) is 18.6 Å². The number of nitrogens with one attached hydrogen (secondary N) is 1. The average molecular weight is 362 g/mol. The zero-order chi connectivity index (χ0) is 16.9. The minimum Gasteiger partial charge on any atom is -0.496 e. The van der Waals surface area contributed by atoms with Crippen molar-refractivity contribution in [1.82, 2.24) is 19.7 Å². The van der Waals surface area contributed by atoms with Gasteiger partial charge in [0, 0.05) is 17.7 Å². The van der Waals surface area contributed by atoms with Gasteiger partial charge in [-0.1, -0.05) is 30.8 Å². The highest BCUT2D eigenvalue weighted by atomic mass is 32.2. The predicted molar refractivity (Wildman–Crippen MR) is 96.8 cm³/mol. The van der Waals surface area contributed by atoms with Crippen molar-refractivity contribution in [1.29, 1.82) is 0 Å². The molecule has 0 atom stereocenters. The third-order valence-electron chi connectivity index (χ3n) is 3.41. The van der Waals surface area contributed by atoms with Gasteiger partial charge < -0.3 is 4.74 Å². The van der Waals surface area contributed by atoms with Crippen molar-refractivity contribution in [3.63, 3.8) is 0 Å². The highest BCUT2D eigenvalue weighted by Gasteiger charge is 2.12. The van der Waals surface area contributed by atoms with Crippen LogP contribution >= 0.6 is 23.1 Å². The number of nitrogens with zero attached hydrogens (tertiary/aromatic N) is 3. The van der Waals surface area contributed by atoms with Gasteiger partial charge in [0.2, 0.25) is 0 Å². The Balaban J connectivity index is 1.74. The van der Waals surface area contributed by atoms with Gasteiger partial charge in [0.25, 0.3) is 0 Å². The Morgan fingerprint density at radius 1 is 1.38 bits per heavy atom. The highest BCUT2D eigenvalue weighted by Crippen LogP contribution is 2.33. The molecule has 0 aliphatic heterocycles. The summed E-state index contributed by atoms with van der Waals surface area (Å²) in [4.78, 5) is 16.4. The first-order chi connectivity index (χ1) is 11.7. The van der Waals surface area contributed by atoms with Gasteiger partial charge in [0.1, 0.15) is 10.8 Å². The van der Waals surface area contributed by atoms with Crippen molar-refractivity contribution in [2.75, 3.05) is 7.11 Å². The summed E-state index contributed by atoms with van der Waals surface area (Å²) in [7, 11) is 1.66. The SMILES string of the molecule is CCCn1c(SCc2csc(-c3ccccc3OC)n2)n[nH]c1=O. The summed E-state index contributed by atoms with van der Waals surface area (Å²) in [6, 6.07) is 7.84. The van der Waals surface area contributed by atoms with Crippen molar-refractivity contribution in [2.24, 2.45) is 0 Å². The summed E-state index contributed by atoms with van der Waals surface area (Å²) in [5.74, 6) is 1.48. The molecule has 6 nitrogen and oxygen atoms in total. The quantitative estimate of drug-likeness (QED) is 0.652. The maximum Gasteiger partial charge on any atom is 0.343 e. The second-order valence-corrected chi connectivity index (χ2v) is 6.90. The van der Waals surface area contributed by atoms with Crippen LogP contribution in [0.3, 0.4) is 0 Å². The van der Waals surface area contributed by atoms with Crippen molar-refractivity contribution < 1.29 is 4.74 Å². The van der Waals surface area contributed by atoms with E-state index in [2.05, 4.69) is 15.2 Å². The molecule has 0 fully saturated rings. The predicted octanol–water partition coefficient (Wildman–Crippen LogP) is 3.41. The number of ether oxygens (including phenoxy) is 1. The van der Waals surface area contributed by atoms with E-state index in [9.17, 15) is 4.79 Å². The Morgan fingerprint density at radius 3 is 3.00 bits per heavy atom. The Morgan fingerprint density at radius 2 is 2.21 bits per heavy atom. The second-order valence-electron chi connectivity index (χ2n) is 5.10. The van der Waals surface area contributed by atoms with Crippen LogP contribution in [-0.2, 0) is 12.3 Å². The fourth-order valence-electron chi connectivity index (χ4n) is 2.29. The van der Waals surface area contributed by atoms with E-state index in [1.165, 1.54) is 11.8 Å². The fraction of sp³-hybridized carbons (Fsp3) is 0.312. The van der Waals surface area contributed by atoms with Gasteiger partial charge in [0.05, 0.1) is 18.4 Å². The van der Waals surface area contributed by atoms with E-state index in [0.29, 0.717) is 17.5 Å². The first-order valence-electron chi connectivity index (χ1n) is 7.58. The van der Waals surface area contributed by atoms with Crippen LogP contribution in [0.1, 0.15) is 19.0 Å². The minimum atomic E-state index is -0.160. The number of rotatable bonds is 7. The van der Waals surface area contributed by atoms with Crippen LogP contribution in [0.5, 0.6) is 5.75 Å². The number of thioether (sulfide) groups is 1. The molecule has 0 radical (unpaired) electrons. The van der Waals surface area contributed by atoms with Gasteiger partial charge in [0.15, 0.2) is 5.16 Å². The van der Waals surface area contributed by atoms with E-state index < -0.39 is 0 Å². The summed E-state index contributed by atoms with van der Waals surface area (Å²) in [5.41, 5.74) is 1.79. The maximum absolute atomic E-state index is 11.7. The molecule has 3 aromatic rings. The Bertz CT molecular complexity index is 869. The van der Waals surface area contributed by atoms with Crippen LogP contribution in [-0.4, -0.2) is 26.9 Å². The molecular formula is C16H18N4O2S2. The average Bonchev–Trinajstić information content (AvgIpc) is 3.21. The van der Waals surface area contributed by atoms with Gasteiger partial charge >= 0.3 is 5.69 Å². The number of methoxy groups -OCH3 is 1. The normalized spacial score (nSPS) is 10.9. The van der Waals surface area contributed by atoms with Gasteiger partial charge in [-0.15, -0.1) is 16.4 Å². The number of H-pyrrole nitrogens is 1. The Hall–Kier alpha value is -2.06. The highest BCUT2D eigenvalue weighted by molar-refractivity contribution is 7.98. The molecule has 1 aromatic carbocycles. The number of aromatic nitrogens is 4. The fourth-order valence-corrected chi connectivity index (χ4v) is 4.11. The summed E-state index contributed by atoms with van der Waals surface area (Å²) >= 11 is 3.10. The Kier molecular flexibility index (Phi) is 5.37. The van der Waals surface area contributed by atoms with E-state index in [1.807, 2.05) is 36.6 Å². The first kappa shape index (κ1) is 16.8. The molecular weight excluding hydrogens is 344 g/mol. The molecule has 2 aromatic heterocycles. The summed E-state index contributed by atoms with van der Waals surface area (Å²) in [5, 5.41) is 10.3. The molecule has 8 heteroatoms. The number of hydrogen-bond donors (Lipinski definition) is 1. The van der Waals surface area contributed by atoms with Crippen LogP contribution in [0.4, 0.5) is 0 Å². The second kappa shape index (κ2) is 7.67. The maximum atomic E-state index is 11.7. The lowest BCUT2D eigenvalue weighted by atomic mass is 10.2. The molecule has 0 saturated carbocycles. The number of hydrogen-bond acceptors (Lipinski definition) is 6. The monoisotopic (exact) mass is 362 g/mol. The van der Waals surface area contributed by atoms with E-state index in [4.69, 9.17) is 4.74 Å². The van der Waals surface area contributed by atoms with Crippen LogP contribution in [0.2, 0.25) is 0 Å². The lowest BCUT2D eigenvalue weighted by Gasteiger charge is -2.04. The molecule has 1 N–H and O–H groups in total. The van der Waals surface area contributed by atoms with Crippen molar-refractivity contribution in [2.45, 2.75) is 30.8 Å². The lowest BCUT2D eigenvalue weighted by Crippen LogP contribution is -2.17. The summed E-state index contributed by atoms with van der Waals surface area (Å²) in [6.45, 7) is 2.70. The Labute approximate surface area is 147 Å². The molecule has 24 heavy (non-hydrogen) atoms. The van der Waals surface area contributed by atoms with Crippen LogP contribution in [0, 0.1) is 0 Å². The third kappa shape index (κ3) is 3.54. The van der Waals surface area contributed by atoms with Crippen LogP contribution in [0.25, 0.3) is 10.6 Å². The third-order valence-corrected chi connectivity index (χ3v) is 5.34. The standard InChI is InChI=1S/C16H18N4O2S2/c1-3-8-20-15(21)18-19-16(20)24-10-11-9-23-14(17-11)12-6-4-5-7-13(12)22-2/h4-7,9H,3,8,10H2,1-2H3,(H,18,21). The van der Waals surface area contributed by atoms with E-state index >= 15 is 0 Å². The van der Waals surface area contributed by atoms with Gasteiger partial charge in [-0.25, -0.2) is 14.9 Å². The first-order valence-corrected chi connectivity index (χ1v) is 9.45. The molecule has 0 unspecified atom stereocenters. The van der Waals surface area contributed by atoms with E-state index in [-0.39, 0.29) is 5.69 Å². The smallest absolute Gasteiger partial charge is 0.343 e. The summed E-state index contributed by atoms with van der Waals surface area (Å²) < 4.78 is 7.06. The van der Waals surface area contributed by atoms with Crippen LogP contribution < -0.4 is 10.4 Å². The molecule has 2 heterocycles. The molecule has 0 amide bonds. The molecule has 0 spiro atoms. The molecule has 0 aliphatic rings. The van der Waals surface area contributed by atoms with Crippen molar-refractivity contribution in [3.8, 4) is 16.3 Å². The topological polar surface area (TPSA) is 72.8 Å². The number of benzene rings is 1. The minimum absolute atomic E-state index is 0.160. The molecule has 0 aliphatic carbocycles. The van der Waals surface area contributed by atoms with E-state index in [1.54, 1.807) is 23.0 Å². The number of aromatic amines is 1. The largest absolute Gasteiger partial charge is 0.496 e. The van der Waals surface area contributed by atoms with Crippen molar-refractivity contribution in [3.05, 3.63) is 45.8 Å². The number of para-hydroxylation sites is 1. The van der Waals surface area contributed by atoms with Gasteiger partial charge in [-0.3, -0.25) is 4.57 Å². The van der Waals surface area contributed by atoms with E-state index in [0.717, 1.165) is 28.4 Å². The van der Waals surface area contributed by atoms with Crippen molar-refractivity contribution >= 4 is 23.1 Å². The lowest BCUT2D eigenvalue weighted by molar-refractivity contribution is 0.416. The zero-order valence-electron chi connectivity index (χ0n) is 13.5. The van der Waals surface area contributed by atoms with Crippen LogP contribution in [0.15, 0.2) is 39.6 Å². The molecule has 126 valence electrons. The number of thiazole rings is 1. The molecule has 0 bridgehead atoms. The molecule has 0 saturated heterocycles. The van der Waals surface area contributed by atoms with Gasteiger partial charge in [-0.2, -0.15) is 0 Å². The summed E-state index contributed by atoms with van der Waals surface area (Å²) in [6.07, 6.45) is 0.891. The zero-order valence-corrected chi connectivity index (χ0v) is 15.1. The molecule has 3 rings (SSSR count).